The average Bonchev–Trinajstić information content (AvgIpc) is 2.80. The van der Waals surface area contributed by atoms with Crippen LogP contribution >= 0.6 is 0 Å². The Morgan fingerprint density at radius 3 is 2.71 bits per heavy atom. The molecule has 1 atom stereocenters. The van der Waals surface area contributed by atoms with Crippen molar-refractivity contribution in [3.05, 3.63) is 29.6 Å². The second-order valence-corrected chi connectivity index (χ2v) is 4.83. The number of hydrogen-bond donors (Lipinski definition) is 1. The standard InChI is InChI=1S/C14H19FO2/c1-10(16)12-6-7-14(13(15)8-12)17-9-11-4-2-3-5-11/h6-8,10-11,16H,2-5,9H2,1H3. The van der Waals surface area contributed by atoms with Crippen molar-refractivity contribution in [1.82, 2.24) is 0 Å². The molecule has 0 aliphatic heterocycles. The van der Waals surface area contributed by atoms with Gasteiger partial charge in [-0.25, -0.2) is 4.39 Å². The summed E-state index contributed by atoms with van der Waals surface area (Å²) in [5, 5.41) is 9.33. The van der Waals surface area contributed by atoms with Gasteiger partial charge in [0, 0.05) is 0 Å². The summed E-state index contributed by atoms with van der Waals surface area (Å²) < 4.78 is 19.1. The van der Waals surface area contributed by atoms with Gasteiger partial charge in [-0.3, -0.25) is 0 Å². The van der Waals surface area contributed by atoms with Gasteiger partial charge in [-0.15, -0.1) is 0 Å². The lowest BCUT2D eigenvalue weighted by Crippen LogP contribution is -2.09. The maximum absolute atomic E-state index is 13.6. The molecule has 0 spiro atoms. The minimum Gasteiger partial charge on any atom is -0.490 e. The van der Waals surface area contributed by atoms with E-state index in [4.69, 9.17) is 4.74 Å². The summed E-state index contributed by atoms with van der Waals surface area (Å²) >= 11 is 0. The highest BCUT2D eigenvalue weighted by Crippen LogP contribution is 2.27. The van der Waals surface area contributed by atoms with E-state index in [1.807, 2.05) is 0 Å². The Morgan fingerprint density at radius 2 is 2.12 bits per heavy atom. The maximum atomic E-state index is 13.6. The van der Waals surface area contributed by atoms with Crippen LogP contribution in [-0.2, 0) is 0 Å². The Hall–Kier alpha value is -1.09. The van der Waals surface area contributed by atoms with Crippen LogP contribution in [0.1, 0.15) is 44.3 Å². The molecule has 0 heterocycles. The monoisotopic (exact) mass is 238 g/mol. The predicted molar refractivity (Wildman–Crippen MR) is 64.5 cm³/mol. The molecule has 1 N–H and O–H groups in total. The van der Waals surface area contributed by atoms with Crippen molar-refractivity contribution in [3.8, 4) is 5.75 Å². The molecule has 1 saturated carbocycles. The second kappa shape index (κ2) is 5.50. The van der Waals surface area contributed by atoms with Crippen molar-refractivity contribution in [2.45, 2.75) is 38.7 Å². The molecule has 2 nitrogen and oxygen atoms in total. The summed E-state index contributed by atoms with van der Waals surface area (Å²) in [6, 6.07) is 4.65. The summed E-state index contributed by atoms with van der Waals surface area (Å²) in [4.78, 5) is 0. The molecule has 2 rings (SSSR count). The van der Waals surface area contributed by atoms with Crippen LogP contribution in [0, 0.1) is 11.7 Å². The first kappa shape index (κ1) is 12.4. The van der Waals surface area contributed by atoms with Crippen molar-refractivity contribution in [2.75, 3.05) is 6.61 Å². The highest BCUT2D eigenvalue weighted by molar-refractivity contribution is 5.30. The molecule has 1 aliphatic carbocycles. The summed E-state index contributed by atoms with van der Waals surface area (Å²) in [7, 11) is 0. The van der Waals surface area contributed by atoms with Crippen molar-refractivity contribution >= 4 is 0 Å². The second-order valence-electron chi connectivity index (χ2n) is 4.83. The minimum absolute atomic E-state index is 0.293. The van der Waals surface area contributed by atoms with E-state index in [9.17, 15) is 9.50 Å². The Morgan fingerprint density at radius 1 is 1.41 bits per heavy atom. The van der Waals surface area contributed by atoms with E-state index in [-0.39, 0.29) is 5.82 Å². The number of benzene rings is 1. The third-order valence-electron chi connectivity index (χ3n) is 3.39. The maximum Gasteiger partial charge on any atom is 0.165 e. The van der Waals surface area contributed by atoms with Gasteiger partial charge in [-0.05, 0) is 43.4 Å². The third kappa shape index (κ3) is 3.19. The molecule has 1 aromatic carbocycles. The van der Waals surface area contributed by atoms with Crippen LogP contribution in [0.25, 0.3) is 0 Å². The van der Waals surface area contributed by atoms with E-state index >= 15 is 0 Å². The first-order chi connectivity index (χ1) is 8.16. The molecule has 3 heteroatoms. The number of rotatable bonds is 4. The van der Waals surface area contributed by atoms with Gasteiger partial charge in [0.25, 0.3) is 0 Å². The van der Waals surface area contributed by atoms with Crippen LogP contribution in [0.2, 0.25) is 0 Å². The molecular formula is C14H19FO2. The molecule has 17 heavy (non-hydrogen) atoms. The smallest absolute Gasteiger partial charge is 0.165 e. The lowest BCUT2D eigenvalue weighted by atomic mass is 10.1. The van der Waals surface area contributed by atoms with Gasteiger partial charge in [-0.2, -0.15) is 0 Å². The fourth-order valence-electron chi connectivity index (χ4n) is 2.28. The van der Waals surface area contributed by atoms with Gasteiger partial charge in [0.1, 0.15) is 0 Å². The molecule has 1 fully saturated rings. The summed E-state index contributed by atoms with van der Waals surface area (Å²) in [5.41, 5.74) is 0.579. The number of halogens is 1. The van der Waals surface area contributed by atoms with E-state index in [1.54, 1.807) is 19.1 Å². The fourth-order valence-corrected chi connectivity index (χ4v) is 2.28. The van der Waals surface area contributed by atoms with Crippen LogP contribution in [0.4, 0.5) is 4.39 Å². The van der Waals surface area contributed by atoms with E-state index in [0.29, 0.717) is 23.8 Å². The van der Waals surface area contributed by atoms with Crippen molar-refractivity contribution in [2.24, 2.45) is 5.92 Å². The normalized spacial score (nSPS) is 18.3. The van der Waals surface area contributed by atoms with Crippen LogP contribution in [0.5, 0.6) is 5.75 Å². The van der Waals surface area contributed by atoms with Crippen molar-refractivity contribution < 1.29 is 14.2 Å². The van der Waals surface area contributed by atoms with Crippen molar-refractivity contribution in [1.29, 1.82) is 0 Å². The lowest BCUT2D eigenvalue weighted by Gasteiger charge is -2.13. The van der Waals surface area contributed by atoms with Crippen molar-refractivity contribution in [3.63, 3.8) is 0 Å². The Bertz CT molecular complexity index is 370. The zero-order valence-electron chi connectivity index (χ0n) is 10.2. The summed E-state index contributed by atoms with van der Waals surface area (Å²) in [5.74, 6) is 0.480. The Kier molecular flexibility index (Phi) is 4.00. The lowest BCUT2D eigenvalue weighted by molar-refractivity contribution is 0.198. The van der Waals surface area contributed by atoms with Crippen LogP contribution in [-0.4, -0.2) is 11.7 Å². The SMILES string of the molecule is CC(O)c1ccc(OCC2CCCC2)c(F)c1. The zero-order valence-corrected chi connectivity index (χ0v) is 10.2. The molecule has 94 valence electrons. The van der Waals surface area contributed by atoms with E-state index in [0.717, 1.165) is 0 Å². The van der Waals surface area contributed by atoms with Crippen LogP contribution < -0.4 is 4.74 Å². The highest BCUT2D eigenvalue weighted by Gasteiger charge is 2.16. The first-order valence-electron chi connectivity index (χ1n) is 6.27. The highest BCUT2D eigenvalue weighted by atomic mass is 19.1. The van der Waals surface area contributed by atoms with Crippen LogP contribution in [0.3, 0.4) is 0 Å². The summed E-state index contributed by atoms with van der Waals surface area (Å²) in [6.45, 7) is 2.22. The van der Waals surface area contributed by atoms with E-state index < -0.39 is 6.10 Å². The van der Waals surface area contributed by atoms with E-state index in [1.165, 1.54) is 31.7 Å². The molecule has 1 unspecified atom stereocenters. The van der Waals surface area contributed by atoms with Gasteiger partial charge < -0.3 is 9.84 Å². The predicted octanol–water partition coefficient (Wildman–Crippen LogP) is 3.45. The molecule has 0 radical (unpaired) electrons. The number of aliphatic hydroxyl groups excluding tert-OH is 1. The van der Waals surface area contributed by atoms with Gasteiger partial charge >= 0.3 is 0 Å². The Balaban J connectivity index is 1.96. The largest absolute Gasteiger partial charge is 0.490 e. The average molecular weight is 238 g/mol. The number of aliphatic hydroxyl groups is 1. The minimum atomic E-state index is -0.645. The van der Waals surface area contributed by atoms with Gasteiger partial charge in [-0.1, -0.05) is 18.9 Å². The van der Waals surface area contributed by atoms with Gasteiger partial charge in [0.2, 0.25) is 0 Å². The molecular weight excluding hydrogens is 219 g/mol. The molecule has 0 aromatic heterocycles. The zero-order chi connectivity index (χ0) is 12.3. The van der Waals surface area contributed by atoms with Gasteiger partial charge in [0.05, 0.1) is 12.7 Å². The fraction of sp³-hybridized carbons (Fsp3) is 0.571. The molecule has 0 bridgehead atoms. The summed E-state index contributed by atoms with van der Waals surface area (Å²) in [6.07, 6.45) is 4.25. The number of hydrogen-bond acceptors (Lipinski definition) is 2. The first-order valence-corrected chi connectivity index (χ1v) is 6.27. The topological polar surface area (TPSA) is 29.5 Å². The van der Waals surface area contributed by atoms with E-state index in [2.05, 4.69) is 0 Å². The molecule has 0 saturated heterocycles. The molecule has 1 aromatic rings. The third-order valence-corrected chi connectivity index (χ3v) is 3.39. The van der Waals surface area contributed by atoms with Crippen LogP contribution in [0.15, 0.2) is 18.2 Å². The Labute approximate surface area is 101 Å². The molecule has 0 amide bonds. The molecule has 1 aliphatic rings. The van der Waals surface area contributed by atoms with Gasteiger partial charge in [0.15, 0.2) is 11.6 Å². The quantitative estimate of drug-likeness (QED) is 0.870. The number of ether oxygens (including phenoxy) is 1.